The van der Waals surface area contributed by atoms with E-state index in [0.29, 0.717) is 6.61 Å². The number of esters is 2. The van der Waals surface area contributed by atoms with Crippen LogP contribution in [-0.4, -0.2) is 64.0 Å². The molecule has 1 aromatic rings. The lowest BCUT2D eigenvalue weighted by Gasteiger charge is -2.32. The molecule has 9 unspecified atom stereocenters. The molecule has 2 aliphatic heterocycles. The van der Waals surface area contributed by atoms with Gasteiger partial charge in [-0.1, -0.05) is 87.5 Å². The molecule has 0 radical (unpaired) electrons. The minimum Gasteiger partial charge on any atom is -0.457 e. The van der Waals surface area contributed by atoms with Crippen molar-refractivity contribution in [2.75, 3.05) is 0 Å². The predicted octanol–water partition coefficient (Wildman–Crippen LogP) is 6.23. The van der Waals surface area contributed by atoms with Gasteiger partial charge in [-0.25, -0.2) is 0 Å². The van der Waals surface area contributed by atoms with E-state index in [-0.39, 0.29) is 49.2 Å². The van der Waals surface area contributed by atoms with E-state index < -0.39 is 35.9 Å². The molecular weight excluding hydrogens is 586 g/mol. The third-order valence-corrected chi connectivity index (χ3v) is 8.73. The van der Waals surface area contributed by atoms with Crippen molar-refractivity contribution < 1.29 is 38.9 Å². The Morgan fingerprint density at radius 1 is 1.20 bits per heavy atom. The summed E-state index contributed by atoms with van der Waals surface area (Å²) in [6.45, 7) is 13.4. The minimum atomic E-state index is -1.41. The van der Waals surface area contributed by atoms with Crippen molar-refractivity contribution in [1.29, 1.82) is 0 Å². The summed E-state index contributed by atoms with van der Waals surface area (Å²) in [5.74, 6) is -0.897. The number of hydrogen-bond donors (Lipinski definition) is 2. The Bertz CT molecular complexity index is 1250. The van der Waals surface area contributed by atoms with Gasteiger partial charge < -0.3 is 29.3 Å². The number of benzene rings is 1. The second kappa shape index (κ2) is 17.6. The molecular formula is C37H53NO8. The molecule has 1 saturated heterocycles. The normalized spacial score (nSPS) is 31.6. The zero-order valence-electron chi connectivity index (χ0n) is 28.4. The van der Waals surface area contributed by atoms with Crippen LogP contribution < -0.4 is 0 Å². The number of allylic oxidation sites excluding steroid dienone is 3. The van der Waals surface area contributed by atoms with Gasteiger partial charge in [0.25, 0.3) is 0 Å². The first-order valence-corrected chi connectivity index (χ1v) is 16.5. The Balaban J connectivity index is 1.60. The second-order valence-corrected chi connectivity index (χ2v) is 13.1. The molecule has 46 heavy (non-hydrogen) atoms. The maximum atomic E-state index is 12.7. The maximum Gasteiger partial charge on any atom is 0.309 e. The number of aliphatic hydroxyl groups is 2. The molecule has 254 valence electrons. The first-order valence-electron chi connectivity index (χ1n) is 16.5. The molecule has 1 aromatic carbocycles. The van der Waals surface area contributed by atoms with E-state index in [1.165, 1.54) is 6.92 Å². The van der Waals surface area contributed by atoms with Gasteiger partial charge in [0.2, 0.25) is 0 Å². The third-order valence-electron chi connectivity index (χ3n) is 8.73. The number of aliphatic hydroxyl groups excluding tert-OH is 1. The van der Waals surface area contributed by atoms with E-state index >= 15 is 0 Å². The topological polar surface area (TPSA) is 127 Å². The monoisotopic (exact) mass is 639 g/mol. The van der Waals surface area contributed by atoms with Crippen molar-refractivity contribution in [3.8, 4) is 0 Å². The van der Waals surface area contributed by atoms with Gasteiger partial charge in [-0.2, -0.15) is 0 Å². The van der Waals surface area contributed by atoms with Gasteiger partial charge in [0.1, 0.15) is 24.4 Å². The number of carbonyl (C=O) groups excluding carboxylic acids is 2. The first-order chi connectivity index (χ1) is 21.8. The van der Waals surface area contributed by atoms with E-state index in [9.17, 15) is 19.8 Å². The van der Waals surface area contributed by atoms with Crippen LogP contribution in [0.3, 0.4) is 0 Å². The molecule has 9 heteroatoms. The molecule has 9 atom stereocenters. The van der Waals surface area contributed by atoms with Crippen LogP contribution in [0.2, 0.25) is 0 Å². The van der Waals surface area contributed by atoms with E-state index in [4.69, 9.17) is 19.0 Å². The summed E-state index contributed by atoms with van der Waals surface area (Å²) in [7, 11) is 0. The number of nitrogens with zero attached hydrogens (tertiary/aromatic N) is 1. The average Bonchev–Trinajstić information content (AvgIpc) is 3.77. The van der Waals surface area contributed by atoms with Crippen LogP contribution in [0.25, 0.3) is 0 Å². The molecule has 9 nitrogen and oxygen atoms in total. The Hall–Kier alpha value is -3.27. The lowest BCUT2D eigenvalue weighted by Crippen LogP contribution is -2.42. The van der Waals surface area contributed by atoms with Crippen LogP contribution >= 0.6 is 0 Å². The Kier molecular flexibility index (Phi) is 14.2. The first kappa shape index (κ1) is 37.2. The standard InChI is InChI=1S/C37H53NO8/c1-8-31(38-43-23-29-15-10-9-11-16-29)27(5)36-32(45-36)21-24(2)13-12-14-25(3)35-26(4)17-18-33(44-28(6)39)37(7,42)20-19-30(40)22-34(41)46-35/h9-18,24,26-27,30,32-33,35-36,40,42H,8,19-23H2,1-7H3/b13-12+,18-17+,25-14+,38-31+. The molecule has 0 amide bonds. The number of oxime groups is 1. The van der Waals surface area contributed by atoms with Crippen LogP contribution in [0.5, 0.6) is 0 Å². The fourth-order valence-electron chi connectivity index (χ4n) is 5.78. The SMILES string of the molecule is CC/C(=N\OCc1ccccc1)C(C)C1OC1CC(C)/C=C/C=C(\C)C1OC(=O)CC(O)CCC(C)(O)C(OC(C)=O)/C=C/C1C. The van der Waals surface area contributed by atoms with Crippen molar-refractivity contribution in [2.45, 2.75) is 123 Å². The van der Waals surface area contributed by atoms with Crippen LogP contribution in [0.15, 0.2) is 71.4 Å². The van der Waals surface area contributed by atoms with Crippen molar-refractivity contribution in [3.63, 3.8) is 0 Å². The summed E-state index contributed by atoms with van der Waals surface area (Å²) >= 11 is 0. The fraction of sp³-hybridized carbons (Fsp3) is 0.595. The quantitative estimate of drug-likeness (QED) is 0.0688. The fourth-order valence-corrected chi connectivity index (χ4v) is 5.78. The summed E-state index contributed by atoms with van der Waals surface area (Å²) in [6, 6.07) is 9.98. The van der Waals surface area contributed by atoms with Crippen LogP contribution in [0.4, 0.5) is 0 Å². The van der Waals surface area contributed by atoms with E-state index in [2.05, 4.69) is 32.0 Å². The zero-order chi connectivity index (χ0) is 33.9. The molecule has 0 aromatic heterocycles. The smallest absolute Gasteiger partial charge is 0.309 e. The summed E-state index contributed by atoms with van der Waals surface area (Å²) in [4.78, 5) is 30.1. The molecule has 0 bridgehead atoms. The molecule has 2 heterocycles. The summed E-state index contributed by atoms with van der Waals surface area (Å²) < 4.78 is 17.3. The highest BCUT2D eigenvalue weighted by Crippen LogP contribution is 2.36. The molecule has 0 spiro atoms. The minimum absolute atomic E-state index is 0.113. The van der Waals surface area contributed by atoms with Gasteiger partial charge in [-0.05, 0) is 62.7 Å². The number of ether oxygens (including phenoxy) is 3. The Morgan fingerprint density at radius 2 is 1.91 bits per heavy atom. The van der Waals surface area contributed by atoms with Gasteiger partial charge in [-0.15, -0.1) is 0 Å². The Labute approximate surface area is 274 Å². The number of cyclic esters (lactones) is 1. The molecule has 3 rings (SSSR count). The van der Waals surface area contributed by atoms with Crippen molar-refractivity contribution in [2.24, 2.45) is 22.9 Å². The van der Waals surface area contributed by atoms with Gasteiger partial charge in [-0.3, -0.25) is 9.59 Å². The number of epoxide rings is 1. The van der Waals surface area contributed by atoms with Crippen LogP contribution in [-0.2, 0) is 35.2 Å². The van der Waals surface area contributed by atoms with Crippen molar-refractivity contribution in [1.82, 2.24) is 0 Å². The molecule has 0 saturated carbocycles. The third kappa shape index (κ3) is 11.8. The van der Waals surface area contributed by atoms with E-state index in [1.54, 1.807) is 19.1 Å². The van der Waals surface area contributed by atoms with Crippen molar-refractivity contribution in [3.05, 3.63) is 71.8 Å². The second-order valence-electron chi connectivity index (χ2n) is 13.1. The maximum absolute atomic E-state index is 12.7. The van der Waals surface area contributed by atoms with E-state index in [1.807, 2.05) is 56.3 Å². The molecule has 2 aliphatic rings. The van der Waals surface area contributed by atoms with Gasteiger partial charge >= 0.3 is 11.9 Å². The average molecular weight is 640 g/mol. The van der Waals surface area contributed by atoms with Crippen LogP contribution in [0.1, 0.15) is 86.1 Å². The lowest BCUT2D eigenvalue weighted by molar-refractivity contribution is -0.157. The molecule has 0 aliphatic carbocycles. The van der Waals surface area contributed by atoms with E-state index in [0.717, 1.165) is 29.7 Å². The van der Waals surface area contributed by atoms with Gasteiger partial charge in [0.15, 0.2) is 0 Å². The molecule has 2 N–H and O–H groups in total. The van der Waals surface area contributed by atoms with Crippen LogP contribution in [0, 0.1) is 17.8 Å². The summed E-state index contributed by atoms with van der Waals surface area (Å²) in [5.41, 5.74) is 1.49. The largest absolute Gasteiger partial charge is 0.457 e. The highest BCUT2D eigenvalue weighted by molar-refractivity contribution is 5.86. The summed E-state index contributed by atoms with van der Waals surface area (Å²) in [5, 5.41) is 25.9. The summed E-state index contributed by atoms with van der Waals surface area (Å²) in [6.07, 6.45) is 9.00. The van der Waals surface area contributed by atoms with Gasteiger partial charge in [0, 0.05) is 18.8 Å². The predicted molar refractivity (Wildman–Crippen MR) is 178 cm³/mol. The number of hydrogen-bond acceptors (Lipinski definition) is 9. The Morgan fingerprint density at radius 3 is 2.59 bits per heavy atom. The number of carbonyl (C=O) groups is 2. The van der Waals surface area contributed by atoms with Crippen molar-refractivity contribution >= 4 is 17.7 Å². The highest BCUT2D eigenvalue weighted by Gasteiger charge is 2.44. The van der Waals surface area contributed by atoms with Gasteiger partial charge in [0.05, 0.1) is 30.4 Å². The zero-order valence-corrected chi connectivity index (χ0v) is 28.4. The molecule has 1 fully saturated rings. The lowest BCUT2D eigenvalue weighted by atomic mass is 9.88. The highest BCUT2D eigenvalue weighted by atomic mass is 16.6. The number of rotatable bonds is 12.